The fourth-order valence-electron chi connectivity index (χ4n) is 3.56. The lowest BCUT2D eigenvalue weighted by Crippen LogP contribution is -2.50. The van der Waals surface area contributed by atoms with Gasteiger partial charge in [0.15, 0.2) is 0 Å². The molecular weight excluding hydrogens is 324 g/mol. The lowest BCUT2D eigenvalue weighted by molar-refractivity contribution is 0.0973. The number of hydrogen-bond donors (Lipinski definition) is 1. The van der Waals surface area contributed by atoms with Gasteiger partial charge in [-0.25, -0.2) is 4.98 Å². The van der Waals surface area contributed by atoms with E-state index in [0.29, 0.717) is 0 Å². The molecule has 1 N–H and O–H groups in total. The molecule has 130 valence electrons. The van der Waals surface area contributed by atoms with E-state index in [4.69, 9.17) is 4.42 Å². The molecule has 1 atom stereocenters. The number of nitrogens with zero attached hydrogens (tertiary/aromatic N) is 3. The van der Waals surface area contributed by atoms with Gasteiger partial charge < -0.3 is 9.73 Å². The van der Waals surface area contributed by atoms with Crippen LogP contribution in [0.4, 0.5) is 0 Å². The zero-order valence-corrected chi connectivity index (χ0v) is 14.7. The van der Waals surface area contributed by atoms with Crippen molar-refractivity contribution in [2.45, 2.75) is 19.0 Å². The molecule has 2 aliphatic heterocycles. The van der Waals surface area contributed by atoms with E-state index in [9.17, 15) is 0 Å². The topological polar surface area (TPSA) is 44.5 Å². The number of nitrogens with one attached hydrogen (secondary N) is 1. The van der Waals surface area contributed by atoms with E-state index < -0.39 is 0 Å². The van der Waals surface area contributed by atoms with Crippen molar-refractivity contribution in [3.63, 3.8) is 0 Å². The number of halogens is 1. The van der Waals surface area contributed by atoms with Crippen molar-refractivity contribution in [1.82, 2.24) is 20.1 Å². The summed E-state index contributed by atoms with van der Waals surface area (Å²) >= 11 is 0. The molecule has 2 aliphatic rings. The van der Waals surface area contributed by atoms with Crippen molar-refractivity contribution < 1.29 is 4.42 Å². The maximum absolute atomic E-state index is 5.64. The predicted octanol–water partition coefficient (Wildman–Crippen LogP) is 2.24. The minimum Gasteiger partial charge on any atom is -0.444 e. The molecule has 5 nitrogen and oxygen atoms in total. The van der Waals surface area contributed by atoms with Crippen LogP contribution in [0, 0.1) is 0 Å². The Hall–Kier alpha value is -1.40. The Balaban J connectivity index is 0.00000169. The van der Waals surface area contributed by atoms with Gasteiger partial charge >= 0.3 is 0 Å². The number of benzene rings is 1. The van der Waals surface area contributed by atoms with Crippen LogP contribution >= 0.6 is 12.4 Å². The number of hydrogen-bond acceptors (Lipinski definition) is 5. The van der Waals surface area contributed by atoms with Crippen LogP contribution in [0.3, 0.4) is 0 Å². The first kappa shape index (κ1) is 17.4. The first-order valence-corrected chi connectivity index (χ1v) is 8.55. The minimum atomic E-state index is 0. The molecule has 0 spiro atoms. The van der Waals surface area contributed by atoms with Crippen LogP contribution < -0.4 is 5.32 Å². The van der Waals surface area contributed by atoms with Gasteiger partial charge in [0.05, 0.1) is 5.69 Å². The Morgan fingerprint density at radius 1 is 1.12 bits per heavy atom. The summed E-state index contributed by atoms with van der Waals surface area (Å²) in [5.74, 6) is 0.719. The average Bonchev–Trinajstić information content (AvgIpc) is 3.28. The molecule has 0 saturated carbocycles. The van der Waals surface area contributed by atoms with Gasteiger partial charge in [0, 0.05) is 50.9 Å². The molecule has 2 aromatic rings. The molecular formula is C18H25ClN4O. The van der Waals surface area contributed by atoms with Gasteiger partial charge in [-0.15, -0.1) is 12.4 Å². The van der Waals surface area contributed by atoms with E-state index in [1.807, 2.05) is 30.3 Å². The second kappa shape index (κ2) is 8.12. The third-order valence-electron chi connectivity index (χ3n) is 4.92. The molecule has 0 bridgehead atoms. The van der Waals surface area contributed by atoms with Crippen LogP contribution in [0.15, 0.2) is 41.0 Å². The molecule has 6 heteroatoms. The highest BCUT2D eigenvalue weighted by atomic mass is 35.5. The third-order valence-corrected chi connectivity index (χ3v) is 4.92. The van der Waals surface area contributed by atoms with Crippen LogP contribution in [0.25, 0.3) is 11.5 Å². The van der Waals surface area contributed by atoms with Crippen molar-refractivity contribution in [3.8, 4) is 11.5 Å². The molecule has 2 saturated heterocycles. The molecule has 1 unspecified atom stereocenters. The van der Waals surface area contributed by atoms with E-state index in [1.165, 1.54) is 13.0 Å². The number of piperazine rings is 1. The molecule has 0 aliphatic carbocycles. The maximum Gasteiger partial charge on any atom is 0.226 e. The van der Waals surface area contributed by atoms with Crippen molar-refractivity contribution in [2.24, 2.45) is 0 Å². The Kier molecular flexibility index (Phi) is 5.89. The molecule has 3 heterocycles. The summed E-state index contributed by atoms with van der Waals surface area (Å²) in [5.41, 5.74) is 2.07. The van der Waals surface area contributed by atoms with Crippen LogP contribution in [-0.2, 0) is 6.54 Å². The van der Waals surface area contributed by atoms with Gasteiger partial charge in [-0.2, -0.15) is 0 Å². The number of oxazole rings is 1. The Morgan fingerprint density at radius 3 is 2.62 bits per heavy atom. The Morgan fingerprint density at radius 2 is 1.92 bits per heavy atom. The van der Waals surface area contributed by atoms with Gasteiger partial charge in [0.1, 0.15) is 6.26 Å². The monoisotopic (exact) mass is 348 g/mol. The standard InChI is InChI=1S/C18H24N4O.ClH/c1-2-4-15(5-3-1)18-20-16(14-23-18)13-21-8-10-22(11-9-21)17-6-7-19-12-17;/h1-5,14,17,19H,6-13H2;1H. The summed E-state index contributed by atoms with van der Waals surface area (Å²) in [6.07, 6.45) is 3.10. The summed E-state index contributed by atoms with van der Waals surface area (Å²) in [7, 11) is 0. The van der Waals surface area contributed by atoms with E-state index in [-0.39, 0.29) is 12.4 Å². The first-order valence-electron chi connectivity index (χ1n) is 8.55. The van der Waals surface area contributed by atoms with Gasteiger partial charge in [-0.3, -0.25) is 9.80 Å². The molecule has 4 rings (SSSR count). The van der Waals surface area contributed by atoms with Crippen molar-refractivity contribution in [2.75, 3.05) is 39.3 Å². The zero-order valence-electron chi connectivity index (χ0n) is 13.9. The SMILES string of the molecule is Cl.c1ccc(-c2nc(CN3CCN(C4CCNC4)CC3)co2)cc1. The predicted molar refractivity (Wildman–Crippen MR) is 97.3 cm³/mol. The quantitative estimate of drug-likeness (QED) is 0.918. The van der Waals surface area contributed by atoms with Gasteiger partial charge in [0.25, 0.3) is 0 Å². The smallest absolute Gasteiger partial charge is 0.226 e. The fourth-order valence-corrected chi connectivity index (χ4v) is 3.56. The van der Waals surface area contributed by atoms with E-state index in [2.05, 4.69) is 20.1 Å². The number of rotatable bonds is 4. The van der Waals surface area contributed by atoms with Crippen molar-refractivity contribution in [3.05, 3.63) is 42.3 Å². The molecule has 1 aromatic carbocycles. The van der Waals surface area contributed by atoms with Crippen molar-refractivity contribution >= 4 is 12.4 Å². The second-order valence-corrected chi connectivity index (χ2v) is 6.47. The summed E-state index contributed by atoms with van der Waals surface area (Å²) < 4.78 is 5.64. The molecule has 24 heavy (non-hydrogen) atoms. The molecule has 1 aromatic heterocycles. The van der Waals surface area contributed by atoms with Gasteiger partial charge in [0.2, 0.25) is 5.89 Å². The normalized spacial score (nSPS) is 22.4. The molecule has 2 fully saturated rings. The maximum atomic E-state index is 5.64. The highest BCUT2D eigenvalue weighted by molar-refractivity contribution is 5.85. The molecule has 0 amide bonds. The minimum absolute atomic E-state index is 0. The van der Waals surface area contributed by atoms with Gasteiger partial charge in [-0.1, -0.05) is 18.2 Å². The largest absolute Gasteiger partial charge is 0.444 e. The lowest BCUT2D eigenvalue weighted by atomic mass is 10.2. The summed E-state index contributed by atoms with van der Waals surface area (Å²) in [4.78, 5) is 9.75. The van der Waals surface area contributed by atoms with E-state index >= 15 is 0 Å². The lowest BCUT2D eigenvalue weighted by Gasteiger charge is -2.37. The Labute approximate surface area is 149 Å². The van der Waals surface area contributed by atoms with Crippen LogP contribution in [-0.4, -0.2) is 60.1 Å². The second-order valence-electron chi connectivity index (χ2n) is 6.47. The van der Waals surface area contributed by atoms with E-state index in [1.54, 1.807) is 6.26 Å². The Bertz CT molecular complexity index is 619. The van der Waals surface area contributed by atoms with Crippen LogP contribution in [0.1, 0.15) is 12.1 Å². The summed E-state index contributed by atoms with van der Waals surface area (Å²) in [6.45, 7) is 7.77. The fraction of sp³-hybridized carbons (Fsp3) is 0.500. The molecule has 0 radical (unpaired) electrons. The first-order chi connectivity index (χ1) is 11.4. The summed E-state index contributed by atoms with van der Waals surface area (Å²) in [5, 5.41) is 3.46. The van der Waals surface area contributed by atoms with Crippen molar-refractivity contribution in [1.29, 1.82) is 0 Å². The van der Waals surface area contributed by atoms with E-state index in [0.717, 1.165) is 62.5 Å². The van der Waals surface area contributed by atoms with Crippen LogP contribution in [0.5, 0.6) is 0 Å². The third kappa shape index (κ3) is 3.98. The average molecular weight is 349 g/mol. The van der Waals surface area contributed by atoms with Crippen LogP contribution in [0.2, 0.25) is 0 Å². The highest BCUT2D eigenvalue weighted by Crippen LogP contribution is 2.19. The highest BCUT2D eigenvalue weighted by Gasteiger charge is 2.26. The number of aromatic nitrogens is 1. The summed E-state index contributed by atoms with van der Waals surface area (Å²) in [6, 6.07) is 10.8. The van der Waals surface area contributed by atoms with Gasteiger partial charge in [-0.05, 0) is 25.1 Å². The zero-order chi connectivity index (χ0) is 15.5.